The fourth-order valence-electron chi connectivity index (χ4n) is 2.39. The fourth-order valence-corrected chi connectivity index (χ4v) is 3.65. The molecule has 0 saturated carbocycles. The summed E-state index contributed by atoms with van der Waals surface area (Å²) in [4.78, 5) is 12.3. The number of nitrogens with zero attached hydrogens (tertiary/aromatic N) is 2. The number of ketones is 1. The van der Waals surface area contributed by atoms with E-state index < -0.39 is 0 Å². The second-order valence-corrected chi connectivity index (χ2v) is 6.11. The Bertz CT molecular complexity index is 408. The summed E-state index contributed by atoms with van der Waals surface area (Å²) in [7, 11) is 0. The highest BCUT2D eigenvalue weighted by atomic mass is 32.2. The van der Waals surface area contributed by atoms with Crippen LogP contribution in [0.15, 0.2) is 6.07 Å². The molecule has 0 aromatic carbocycles. The van der Waals surface area contributed by atoms with E-state index >= 15 is 0 Å². The van der Waals surface area contributed by atoms with Crippen molar-refractivity contribution in [1.82, 2.24) is 9.78 Å². The molecule has 0 spiro atoms. The van der Waals surface area contributed by atoms with E-state index in [4.69, 9.17) is 0 Å². The monoisotopic (exact) mass is 266 g/mol. The standard InChI is InChI=1S/C14H22N2OS/c1-3-11-9-12(16(4-2)15-11)10-13(17)14-7-5-6-8-18-14/h9,14H,3-8,10H2,1-2H3. The Morgan fingerprint density at radius 3 is 2.94 bits per heavy atom. The molecule has 1 aromatic rings. The fraction of sp³-hybridized carbons (Fsp3) is 0.714. The van der Waals surface area contributed by atoms with Crippen LogP contribution in [0.4, 0.5) is 0 Å². The summed E-state index contributed by atoms with van der Waals surface area (Å²) in [6.45, 7) is 5.03. The minimum absolute atomic E-state index is 0.226. The SMILES string of the molecule is CCc1cc(CC(=O)C2CCCCS2)n(CC)n1. The minimum atomic E-state index is 0.226. The highest BCUT2D eigenvalue weighted by molar-refractivity contribution is 8.00. The zero-order chi connectivity index (χ0) is 13.0. The second-order valence-electron chi connectivity index (χ2n) is 4.79. The third kappa shape index (κ3) is 3.16. The van der Waals surface area contributed by atoms with Crippen molar-refractivity contribution in [3.8, 4) is 0 Å². The molecule has 1 aromatic heterocycles. The molecule has 1 fully saturated rings. The van der Waals surface area contributed by atoms with E-state index in [2.05, 4.69) is 25.0 Å². The maximum atomic E-state index is 12.3. The first kappa shape index (κ1) is 13.7. The van der Waals surface area contributed by atoms with Crippen LogP contribution in [0.2, 0.25) is 0 Å². The predicted molar refractivity (Wildman–Crippen MR) is 76.1 cm³/mol. The second kappa shape index (κ2) is 6.41. The number of aryl methyl sites for hydroxylation is 2. The highest BCUT2D eigenvalue weighted by Gasteiger charge is 2.23. The number of rotatable bonds is 5. The maximum Gasteiger partial charge on any atom is 0.151 e. The summed E-state index contributed by atoms with van der Waals surface area (Å²) in [5, 5.41) is 4.73. The van der Waals surface area contributed by atoms with Crippen molar-refractivity contribution in [2.75, 3.05) is 5.75 Å². The average molecular weight is 266 g/mol. The molecule has 1 unspecified atom stereocenters. The quantitative estimate of drug-likeness (QED) is 0.822. The van der Waals surface area contributed by atoms with Gasteiger partial charge in [0, 0.05) is 18.7 Å². The Balaban J connectivity index is 2.03. The van der Waals surface area contributed by atoms with E-state index in [-0.39, 0.29) is 5.25 Å². The van der Waals surface area contributed by atoms with E-state index in [1.807, 2.05) is 16.4 Å². The number of hydrogen-bond acceptors (Lipinski definition) is 3. The zero-order valence-electron chi connectivity index (χ0n) is 11.3. The molecule has 1 saturated heterocycles. The van der Waals surface area contributed by atoms with Crippen molar-refractivity contribution in [3.05, 3.63) is 17.5 Å². The Morgan fingerprint density at radius 1 is 1.50 bits per heavy atom. The van der Waals surface area contributed by atoms with Crippen LogP contribution < -0.4 is 0 Å². The molecule has 0 radical (unpaired) electrons. The molecule has 4 heteroatoms. The lowest BCUT2D eigenvalue weighted by Crippen LogP contribution is -2.23. The predicted octanol–water partition coefficient (Wildman–Crippen LogP) is 2.86. The Morgan fingerprint density at radius 2 is 2.33 bits per heavy atom. The van der Waals surface area contributed by atoms with Crippen LogP contribution in [-0.2, 0) is 24.2 Å². The number of Topliss-reactive ketones (excluding diaryl/α,β-unsaturated/α-hetero) is 1. The van der Waals surface area contributed by atoms with Gasteiger partial charge in [0.15, 0.2) is 5.78 Å². The van der Waals surface area contributed by atoms with Crippen LogP contribution in [0.3, 0.4) is 0 Å². The molecule has 2 heterocycles. The molecule has 3 nitrogen and oxygen atoms in total. The molecule has 1 atom stereocenters. The third-order valence-electron chi connectivity index (χ3n) is 3.47. The summed E-state index contributed by atoms with van der Waals surface area (Å²) in [6.07, 6.45) is 5.02. The number of aromatic nitrogens is 2. The zero-order valence-corrected chi connectivity index (χ0v) is 12.1. The largest absolute Gasteiger partial charge is 0.298 e. The van der Waals surface area contributed by atoms with Gasteiger partial charge in [-0.15, -0.1) is 0 Å². The van der Waals surface area contributed by atoms with Gasteiger partial charge in [-0.3, -0.25) is 9.48 Å². The Hall–Kier alpha value is -0.770. The van der Waals surface area contributed by atoms with Crippen molar-refractivity contribution in [2.24, 2.45) is 0 Å². The van der Waals surface area contributed by atoms with E-state index in [0.717, 1.165) is 36.5 Å². The van der Waals surface area contributed by atoms with Crippen molar-refractivity contribution in [1.29, 1.82) is 0 Å². The molecular formula is C14H22N2OS. The van der Waals surface area contributed by atoms with Gasteiger partial charge in [-0.2, -0.15) is 16.9 Å². The lowest BCUT2D eigenvalue weighted by molar-refractivity contribution is -0.118. The molecule has 0 bridgehead atoms. The first-order valence-corrected chi connectivity index (χ1v) is 7.99. The lowest BCUT2D eigenvalue weighted by atomic mass is 10.1. The van der Waals surface area contributed by atoms with Crippen molar-refractivity contribution in [2.45, 2.75) is 57.7 Å². The topological polar surface area (TPSA) is 34.9 Å². The summed E-state index contributed by atoms with van der Waals surface area (Å²) in [6, 6.07) is 2.09. The smallest absolute Gasteiger partial charge is 0.151 e. The van der Waals surface area contributed by atoms with Gasteiger partial charge in [0.2, 0.25) is 0 Å². The molecule has 0 aliphatic carbocycles. The Kier molecular flexibility index (Phi) is 4.87. The molecule has 0 N–H and O–H groups in total. The summed E-state index contributed by atoms with van der Waals surface area (Å²) >= 11 is 1.84. The van der Waals surface area contributed by atoms with Crippen LogP contribution in [0.1, 0.15) is 44.5 Å². The van der Waals surface area contributed by atoms with E-state index in [0.29, 0.717) is 12.2 Å². The van der Waals surface area contributed by atoms with Crippen LogP contribution >= 0.6 is 11.8 Å². The van der Waals surface area contributed by atoms with Crippen LogP contribution in [0, 0.1) is 0 Å². The summed E-state index contributed by atoms with van der Waals surface area (Å²) < 4.78 is 1.98. The van der Waals surface area contributed by atoms with Crippen LogP contribution in [0.25, 0.3) is 0 Å². The van der Waals surface area contributed by atoms with Crippen LogP contribution in [0.5, 0.6) is 0 Å². The van der Waals surface area contributed by atoms with Gasteiger partial charge in [0.05, 0.1) is 10.9 Å². The molecular weight excluding hydrogens is 244 g/mol. The minimum Gasteiger partial charge on any atom is -0.298 e. The van der Waals surface area contributed by atoms with Gasteiger partial charge in [0.25, 0.3) is 0 Å². The number of carbonyl (C=O) groups excluding carboxylic acids is 1. The molecule has 2 rings (SSSR count). The lowest BCUT2D eigenvalue weighted by Gasteiger charge is -2.19. The first-order chi connectivity index (χ1) is 8.74. The van der Waals surface area contributed by atoms with Crippen LogP contribution in [-0.4, -0.2) is 26.6 Å². The van der Waals surface area contributed by atoms with Gasteiger partial charge in [-0.05, 0) is 38.0 Å². The molecule has 1 aliphatic heterocycles. The van der Waals surface area contributed by atoms with Gasteiger partial charge in [0.1, 0.15) is 0 Å². The summed E-state index contributed by atoms with van der Waals surface area (Å²) in [5.41, 5.74) is 2.18. The van der Waals surface area contributed by atoms with E-state index in [1.165, 1.54) is 12.8 Å². The highest BCUT2D eigenvalue weighted by Crippen LogP contribution is 2.26. The number of hydrogen-bond donors (Lipinski definition) is 0. The Labute approximate surface area is 113 Å². The number of thioether (sulfide) groups is 1. The van der Waals surface area contributed by atoms with Gasteiger partial charge >= 0.3 is 0 Å². The van der Waals surface area contributed by atoms with E-state index in [1.54, 1.807) is 0 Å². The first-order valence-electron chi connectivity index (χ1n) is 6.94. The van der Waals surface area contributed by atoms with Crippen molar-refractivity contribution in [3.63, 3.8) is 0 Å². The molecule has 100 valence electrons. The van der Waals surface area contributed by atoms with Gasteiger partial charge in [-0.1, -0.05) is 13.3 Å². The molecule has 18 heavy (non-hydrogen) atoms. The van der Waals surface area contributed by atoms with Crippen molar-refractivity contribution < 1.29 is 4.79 Å². The van der Waals surface area contributed by atoms with Gasteiger partial charge in [-0.25, -0.2) is 0 Å². The van der Waals surface area contributed by atoms with Gasteiger partial charge < -0.3 is 0 Å². The van der Waals surface area contributed by atoms with Crippen molar-refractivity contribution >= 4 is 17.5 Å². The summed E-state index contributed by atoms with van der Waals surface area (Å²) in [5.74, 6) is 1.53. The normalized spacial score (nSPS) is 20.0. The molecule has 0 amide bonds. The van der Waals surface area contributed by atoms with E-state index in [9.17, 15) is 4.79 Å². The number of carbonyl (C=O) groups is 1. The third-order valence-corrected chi connectivity index (χ3v) is 4.90. The molecule has 1 aliphatic rings. The maximum absolute atomic E-state index is 12.3. The average Bonchev–Trinajstić information content (AvgIpc) is 2.82.